The van der Waals surface area contributed by atoms with Crippen molar-refractivity contribution in [3.8, 4) is 5.75 Å². The molecular formula is C16H16ClN5O. The van der Waals surface area contributed by atoms with Crippen molar-refractivity contribution in [2.75, 3.05) is 12.4 Å². The van der Waals surface area contributed by atoms with Gasteiger partial charge in [-0.05, 0) is 48.2 Å². The third-order valence-electron chi connectivity index (χ3n) is 3.32. The molecule has 1 aromatic carbocycles. The van der Waals surface area contributed by atoms with Crippen molar-refractivity contribution in [3.63, 3.8) is 0 Å². The second-order valence-corrected chi connectivity index (χ2v) is 5.30. The second-order valence-electron chi connectivity index (χ2n) is 4.96. The van der Waals surface area contributed by atoms with E-state index in [1.165, 1.54) is 5.56 Å². The van der Waals surface area contributed by atoms with E-state index in [9.17, 15) is 0 Å². The number of benzene rings is 1. The SMILES string of the molecule is COc1cccc(CCc2cc(Nc3ccnc(Cl)n3)[nH]n2)c1. The topological polar surface area (TPSA) is 75.7 Å². The van der Waals surface area contributed by atoms with Gasteiger partial charge in [-0.25, -0.2) is 9.97 Å². The molecule has 0 radical (unpaired) electrons. The number of halogens is 1. The monoisotopic (exact) mass is 329 g/mol. The minimum atomic E-state index is 0.202. The first-order chi connectivity index (χ1) is 11.2. The molecule has 0 saturated carbocycles. The highest BCUT2D eigenvalue weighted by atomic mass is 35.5. The third kappa shape index (κ3) is 4.20. The highest BCUT2D eigenvalue weighted by molar-refractivity contribution is 6.28. The van der Waals surface area contributed by atoms with Crippen molar-refractivity contribution < 1.29 is 4.74 Å². The number of hydrogen-bond acceptors (Lipinski definition) is 5. The largest absolute Gasteiger partial charge is 0.497 e. The molecule has 0 bridgehead atoms. The fourth-order valence-corrected chi connectivity index (χ4v) is 2.35. The van der Waals surface area contributed by atoms with Crippen LogP contribution in [0.5, 0.6) is 5.75 Å². The van der Waals surface area contributed by atoms with Crippen molar-refractivity contribution in [2.24, 2.45) is 0 Å². The fraction of sp³-hybridized carbons (Fsp3) is 0.188. The van der Waals surface area contributed by atoms with E-state index in [1.54, 1.807) is 19.4 Å². The number of H-pyrrole nitrogens is 1. The number of aromatic nitrogens is 4. The number of methoxy groups -OCH3 is 1. The van der Waals surface area contributed by atoms with Crippen molar-refractivity contribution in [1.29, 1.82) is 0 Å². The van der Waals surface area contributed by atoms with E-state index in [0.717, 1.165) is 30.1 Å². The van der Waals surface area contributed by atoms with Crippen LogP contribution in [0, 0.1) is 0 Å². The standard InChI is InChI=1S/C16H16ClN5O/c1-23-13-4-2-3-11(9-13)5-6-12-10-15(22-21-12)19-14-7-8-18-16(17)20-14/h2-4,7-10H,5-6H2,1H3,(H2,18,19,20,21,22). The number of nitrogens with one attached hydrogen (secondary N) is 2. The molecule has 0 amide bonds. The summed E-state index contributed by atoms with van der Waals surface area (Å²) in [5.41, 5.74) is 2.18. The predicted molar refractivity (Wildman–Crippen MR) is 89.3 cm³/mol. The Bertz CT molecular complexity index is 789. The van der Waals surface area contributed by atoms with Crippen LogP contribution >= 0.6 is 11.6 Å². The van der Waals surface area contributed by atoms with Crippen LogP contribution in [-0.4, -0.2) is 27.3 Å². The van der Waals surface area contributed by atoms with Gasteiger partial charge < -0.3 is 10.1 Å². The zero-order valence-electron chi connectivity index (χ0n) is 12.6. The molecule has 3 aromatic rings. The molecule has 0 unspecified atom stereocenters. The van der Waals surface area contributed by atoms with Gasteiger partial charge in [0.05, 0.1) is 12.8 Å². The fourth-order valence-electron chi connectivity index (χ4n) is 2.20. The molecule has 2 N–H and O–H groups in total. The second kappa shape index (κ2) is 7.11. The van der Waals surface area contributed by atoms with E-state index < -0.39 is 0 Å². The Hall–Kier alpha value is -2.60. The Morgan fingerprint density at radius 2 is 2.13 bits per heavy atom. The maximum atomic E-state index is 5.76. The lowest BCUT2D eigenvalue weighted by molar-refractivity contribution is 0.414. The molecule has 118 valence electrons. The van der Waals surface area contributed by atoms with Gasteiger partial charge in [-0.3, -0.25) is 5.10 Å². The van der Waals surface area contributed by atoms with Gasteiger partial charge in [-0.15, -0.1) is 0 Å². The summed E-state index contributed by atoms with van der Waals surface area (Å²) in [4.78, 5) is 7.91. The lowest BCUT2D eigenvalue weighted by Gasteiger charge is -2.03. The summed E-state index contributed by atoms with van der Waals surface area (Å²) in [7, 11) is 1.67. The minimum absolute atomic E-state index is 0.202. The van der Waals surface area contributed by atoms with Crippen LogP contribution in [0.1, 0.15) is 11.3 Å². The molecule has 2 heterocycles. The molecular weight excluding hydrogens is 314 g/mol. The first-order valence-corrected chi connectivity index (χ1v) is 7.53. The number of hydrogen-bond donors (Lipinski definition) is 2. The molecule has 2 aromatic heterocycles. The summed E-state index contributed by atoms with van der Waals surface area (Å²) >= 11 is 5.76. The lowest BCUT2D eigenvalue weighted by atomic mass is 10.1. The smallest absolute Gasteiger partial charge is 0.224 e. The average molecular weight is 330 g/mol. The molecule has 0 aliphatic carbocycles. The molecule has 0 aliphatic rings. The molecule has 0 fully saturated rings. The third-order valence-corrected chi connectivity index (χ3v) is 3.51. The van der Waals surface area contributed by atoms with Gasteiger partial charge in [0.15, 0.2) is 0 Å². The van der Waals surface area contributed by atoms with Gasteiger partial charge in [0, 0.05) is 12.3 Å². The summed E-state index contributed by atoms with van der Waals surface area (Å²) in [5, 5.41) is 10.6. The summed E-state index contributed by atoms with van der Waals surface area (Å²) in [6, 6.07) is 11.7. The first kappa shape index (κ1) is 15.3. The van der Waals surface area contributed by atoms with E-state index in [2.05, 4.69) is 31.5 Å². The van der Waals surface area contributed by atoms with Gasteiger partial charge in [0.1, 0.15) is 17.4 Å². The number of aromatic amines is 1. The highest BCUT2D eigenvalue weighted by Crippen LogP contribution is 2.17. The van der Waals surface area contributed by atoms with E-state index in [1.807, 2.05) is 24.3 Å². The molecule has 23 heavy (non-hydrogen) atoms. The highest BCUT2D eigenvalue weighted by Gasteiger charge is 2.04. The van der Waals surface area contributed by atoms with Crippen molar-refractivity contribution >= 4 is 23.2 Å². The van der Waals surface area contributed by atoms with Crippen molar-refractivity contribution in [1.82, 2.24) is 20.2 Å². The lowest BCUT2D eigenvalue weighted by Crippen LogP contribution is -1.94. The number of ether oxygens (including phenoxy) is 1. The van der Waals surface area contributed by atoms with E-state index in [4.69, 9.17) is 16.3 Å². The summed E-state index contributed by atoms with van der Waals surface area (Å²) in [5.74, 6) is 2.25. The van der Waals surface area contributed by atoms with Crippen molar-refractivity contribution in [3.05, 3.63) is 59.1 Å². The number of anilines is 2. The Labute approximate surface area is 138 Å². The normalized spacial score (nSPS) is 10.5. The zero-order chi connectivity index (χ0) is 16.1. The molecule has 0 spiro atoms. The molecule has 7 heteroatoms. The molecule has 0 atom stereocenters. The molecule has 0 saturated heterocycles. The zero-order valence-corrected chi connectivity index (χ0v) is 13.3. The van der Waals surface area contributed by atoms with Crippen LogP contribution < -0.4 is 10.1 Å². The summed E-state index contributed by atoms with van der Waals surface area (Å²) in [6.07, 6.45) is 3.31. The van der Waals surface area contributed by atoms with E-state index >= 15 is 0 Å². The van der Waals surface area contributed by atoms with Crippen molar-refractivity contribution in [2.45, 2.75) is 12.8 Å². The minimum Gasteiger partial charge on any atom is -0.497 e. The van der Waals surface area contributed by atoms with E-state index in [0.29, 0.717) is 5.82 Å². The quantitative estimate of drug-likeness (QED) is 0.678. The Morgan fingerprint density at radius 3 is 2.96 bits per heavy atom. The van der Waals surface area contributed by atoms with Crippen LogP contribution in [0.2, 0.25) is 5.28 Å². The maximum Gasteiger partial charge on any atom is 0.224 e. The molecule has 3 rings (SSSR count). The Balaban J connectivity index is 1.60. The summed E-state index contributed by atoms with van der Waals surface area (Å²) < 4.78 is 5.23. The van der Waals surface area contributed by atoms with Crippen LogP contribution in [0.3, 0.4) is 0 Å². The van der Waals surface area contributed by atoms with Gasteiger partial charge in [-0.2, -0.15) is 5.10 Å². The van der Waals surface area contributed by atoms with Gasteiger partial charge in [0.25, 0.3) is 0 Å². The van der Waals surface area contributed by atoms with E-state index in [-0.39, 0.29) is 5.28 Å². The number of nitrogens with zero attached hydrogens (tertiary/aromatic N) is 3. The van der Waals surface area contributed by atoms with Gasteiger partial charge in [-0.1, -0.05) is 12.1 Å². The molecule has 0 aliphatic heterocycles. The molecule has 6 nitrogen and oxygen atoms in total. The Morgan fingerprint density at radius 1 is 1.22 bits per heavy atom. The first-order valence-electron chi connectivity index (χ1n) is 7.16. The van der Waals surface area contributed by atoms with Crippen LogP contribution in [0.4, 0.5) is 11.6 Å². The predicted octanol–water partition coefficient (Wildman–Crippen LogP) is 3.39. The number of rotatable bonds is 6. The van der Waals surface area contributed by atoms with Gasteiger partial charge >= 0.3 is 0 Å². The van der Waals surface area contributed by atoms with Crippen LogP contribution in [-0.2, 0) is 12.8 Å². The summed E-state index contributed by atoms with van der Waals surface area (Å²) in [6.45, 7) is 0. The van der Waals surface area contributed by atoms with Crippen LogP contribution in [0.15, 0.2) is 42.6 Å². The maximum absolute atomic E-state index is 5.76. The van der Waals surface area contributed by atoms with Gasteiger partial charge in [0.2, 0.25) is 5.28 Å². The Kier molecular flexibility index (Phi) is 4.73. The average Bonchev–Trinajstić information content (AvgIpc) is 3.00. The van der Waals surface area contributed by atoms with Crippen LogP contribution in [0.25, 0.3) is 0 Å². The number of aryl methyl sites for hydroxylation is 2.